The van der Waals surface area contributed by atoms with Gasteiger partial charge in [-0.3, -0.25) is 13.9 Å². The van der Waals surface area contributed by atoms with Gasteiger partial charge in [-0.05, 0) is 62.6 Å². The van der Waals surface area contributed by atoms with E-state index < -0.39 is 28.5 Å². The third kappa shape index (κ3) is 7.61. The minimum Gasteiger partial charge on any atom is -0.497 e. The predicted octanol–water partition coefficient (Wildman–Crippen LogP) is 3.11. The molecule has 10 heteroatoms. The van der Waals surface area contributed by atoms with E-state index in [1.54, 1.807) is 43.5 Å². The number of methoxy groups -OCH3 is 2. The molecule has 198 valence electrons. The monoisotopic (exact) mass is 519 g/mol. The van der Waals surface area contributed by atoms with Gasteiger partial charge in [-0.1, -0.05) is 25.1 Å². The van der Waals surface area contributed by atoms with E-state index in [1.807, 2.05) is 33.8 Å². The first-order valence-corrected chi connectivity index (χ1v) is 13.6. The Labute approximate surface area is 214 Å². The van der Waals surface area contributed by atoms with Gasteiger partial charge in [-0.15, -0.1) is 0 Å². The molecule has 0 aromatic heterocycles. The van der Waals surface area contributed by atoms with Crippen molar-refractivity contribution in [3.05, 3.63) is 53.6 Å². The van der Waals surface area contributed by atoms with E-state index in [2.05, 4.69) is 5.32 Å². The molecule has 1 atom stereocenters. The number of anilines is 1. The van der Waals surface area contributed by atoms with Gasteiger partial charge in [0, 0.05) is 12.6 Å². The summed E-state index contributed by atoms with van der Waals surface area (Å²) in [6, 6.07) is 11.4. The molecule has 0 aliphatic rings. The molecule has 2 aromatic rings. The number of ether oxygens (including phenoxy) is 2. The van der Waals surface area contributed by atoms with E-state index >= 15 is 0 Å². The predicted molar refractivity (Wildman–Crippen MR) is 141 cm³/mol. The second-order valence-corrected chi connectivity index (χ2v) is 10.8. The number of carbonyl (C=O) groups is 2. The average Bonchev–Trinajstić information content (AvgIpc) is 2.81. The van der Waals surface area contributed by atoms with Crippen molar-refractivity contribution < 1.29 is 27.5 Å². The second kappa shape index (κ2) is 12.6. The Bertz CT molecular complexity index is 1170. The van der Waals surface area contributed by atoms with Crippen molar-refractivity contribution in [2.24, 2.45) is 0 Å². The summed E-state index contributed by atoms with van der Waals surface area (Å²) in [6.45, 7) is 6.93. The number of nitrogens with one attached hydrogen (secondary N) is 1. The fourth-order valence-corrected chi connectivity index (χ4v) is 4.70. The standard InChI is InChI=1S/C26H37N3O6S/c1-8-22(26(31)27-18(2)3)28(16-20-10-9-11-21(15-20)34-5)25(30)17-29(36(7,32)33)23-14-19(4)12-13-24(23)35-6/h9-15,18,22H,8,16-17H2,1-7H3,(H,27,31)/t22-/m0/s1. The second-order valence-electron chi connectivity index (χ2n) is 8.91. The Hall–Kier alpha value is -3.27. The van der Waals surface area contributed by atoms with Crippen LogP contribution in [0.3, 0.4) is 0 Å². The zero-order chi connectivity index (χ0) is 27.0. The lowest BCUT2D eigenvalue weighted by molar-refractivity contribution is -0.140. The summed E-state index contributed by atoms with van der Waals surface area (Å²) in [7, 11) is -0.879. The van der Waals surface area contributed by atoms with Gasteiger partial charge in [0.05, 0.1) is 26.2 Å². The SMILES string of the molecule is CC[C@@H](C(=O)NC(C)C)N(Cc1cccc(OC)c1)C(=O)CN(c1cc(C)ccc1OC)S(C)(=O)=O. The molecule has 0 unspecified atom stereocenters. The van der Waals surface area contributed by atoms with Gasteiger partial charge in [0.15, 0.2) is 0 Å². The highest BCUT2D eigenvalue weighted by atomic mass is 32.2. The van der Waals surface area contributed by atoms with Gasteiger partial charge < -0.3 is 19.7 Å². The first-order chi connectivity index (χ1) is 16.9. The summed E-state index contributed by atoms with van der Waals surface area (Å²) >= 11 is 0. The van der Waals surface area contributed by atoms with Crippen molar-refractivity contribution in [3.63, 3.8) is 0 Å². The molecule has 0 radical (unpaired) electrons. The maximum absolute atomic E-state index is 13.8. The van der Waals surface area contributed by atoms with E-state index in [0.29, 0.717) is 17.9 Å². The molecule has 0 aliphatic carbocycles. The number of aryl methyl sites for hydroxylation is 1. The Morgan fingerprint density at radius 1 is 1.06 bits per heavy atom. The molecule has 36 heavy (non-hydrogen) atoms. The molecule has 2 amide bonds. The van der Waals surface area contributed by atoms with Crippen molar-refractivity contribution >= 4 is 27.5 Å². The maximum Gasteiger partial charge on any atom is 0.244 e. The van der Waals surface area contributed by atoms with Crippen molar-refractivity contribution in [2.45, 2.75) is 52.7 Å². The minimum absolute atomic E-state index is 0.0998. The van der Waals surface area contributed by atoms with E-state index in [1.165, 1.54) is 12.0 Å². The normalized spacial score (nSPS) is 12.1. The van der Waals surface area contributed by atoms with Gasteiger partial charge in [0.1, 0.15) is 24.1 Å². The van der Waals surface area contributed by atoms with Crippen LogP contribution in [0.15, 0.2) is 42.5 Å². The molecule has 9 nitrogen and oxygen atoms in total. The Kier molecular flexibility index (Phi) is 10.2. The summed E-state index contributed by atoms with van der Waals surface area (Å²) < 4.78 is 37.4. The molecule has 0 fully saturated rings. The van der Waals surface area contributed by atoms with Crippen molar-refractivity contribution in [1.29, 1.82) is 0 Å². The Morgan fingerprint density at radius 2 is 1.75 bits per heavy atom. The number of carbonyl (C=O) groups excluding carboxylic acids is 2. The highest BCUT2D eigenvalue weighted by Gasteiger charge is 2.32. The lowest BCUT2D eigenvalue weighted by Gasteiger charge is -2.33. The van der Waals surface area contributed by atoms with Crippen LogP contribution >= 0.6 is 0 Å². The number of nitrogens with zero attached hydrogens (tertiary/aromatic N) is 2. The molecule has 2 rings (SSSR count). The average molecular weight is 520 g/mol. The molecule has 0 saturated carbocycles. The van der Waals surface area contributed by atoms with E-state index in [-0.39, 0.29) is 24.2 Å². The van der Waals surface area contributed by atoms with Crippen LogP contribution in [0.25, 0.3) is 0 Å². The van der Waals surface area contributed by atoms with E-state index in [4.69, 9.17) is 9.47 Å². The fraction of sp³-hybridized carbons (Fsp3) is 0.462. The smallest absolute Gasteiger partial charge is 0.244 e. The molecular weight excluding hydrogens is 482 g/mol. The lowest BCUT2D eigenvalue weighted by atomic mass is 10.1. The van der Waals surface area contributed by atoms with Crippen LogP contribution < -0.4 is 19.1 Å². The van der Waals surface area contributed by atoms with Crippen LogP contribution in [-0.4, -0.2) is 64.2 Å². The molecular formula is C26H37N3O6S. The largest absolute Gasteiger partial charge is 0.497 e. The molecule has 1 N–H and O–H groups in total. The van der Waals surface area contributed by atoms with Crippen LogP contribution in [0, 0.1) is 6.92 Å². The number of rotatable bonds is 12. The molecule has 0 aliphatic heterocycles. The summed E-state index contributed by atoms with van der Waals surface area (Å²) in [4.78, 5) is 28.3. The van der Waals surface area contributed by atoms with E-state index in [0.717, 1.165) is 21.7 Å². The summed E-state index contributed by atoms with van der Waals surface area (Å²) in [6.07, 6.45) is 1.39. The fourth-order valence-electron chi connectivity index (χ4n) is 3.86. The number of amides is 2. The van der Waals surface area contributed by atoms with Gasteiger partial charge in [0.2, 0.25) is 21.8 Å². The van der Waals surface area contributed by atoms with Gasteiger partial charge in [-0.2, -0.15) is 0 Å². The minimum atomic E-state index is -3.87. The number of benzene rings is 2. The van der Waals surface area contributed by atoms with E-state index in [9.17, 15) is 18.0 Å². The summed E-state index contributed by atoms with van der Waals surface area (Å²) in [5.41, 5.74) is 1.81. The highest BCUT2D eigenvalue weighted by molar-refractivity contribution is 7.92. The van der Waals surface area contributed by atoms with Gasteiger partial charge in [-0.25, -0.2) is 8.42 Å². The maximum atomic E-state index is 13.8. The molecule has 0 heterocycles. The topological polar surface area (TPSA) is 105 Å². The van der Waals surface area contributed by atoms with Crippen LogP contribution in [0.1, 0.15) is 38.3 Å². The van der Waals surface area contributed by atoms with Crippen molar-refractivity contribution in [1.82, 2.24) is 10.2 Å². The molecule has 0 bridgehead atoms. The summed E-state index contributed by atoms with van der Waals surface area (Å²) in [5, 5.41) is 2.87. The number of hydrogen-bond donors (Lipinski definition) is 1. The first-order valence-electron chi connectivity index (χ1n) is 11.8. The van der Waals surface area contributed by atoms with Crippen LogP contribution in [0.5, 0.6) is 11.5 Å². The number of sulfonamides is 1. The zero-order valence-electron chi connectivity index (χ0n) is 22.1. The van der Waals surface area contributed by atoms with Gasteiger partial charge >= 0.3 is 0 Å². The molecule has 2 aromatic carbocycles. The summed E-state index contributed by atoms with van der Waals surface area (Å²) in [5.74, 6) is 0.116. The first kappa shape index (κ1) is 29.0. The quantitative estimate of drug-likeness (QED) is 0.462. The van der Waals surface area contributed by atoms with Crippen molar-refractivity contribution in [3.8, 4) is 11.5 Å². The Balaban J connectivity index is 2.53. The third-order valence-electron chi connectivity index (χ3n) is 5.59. The Morgan fingerprint density at radius 3 is 2.31 bits per heavy atom. The molecule has 0 spiro atoms. The van der Waals surface area contributed by atoms with Crippen LogP contribution in [0.4, 0.5) is 5.69 Å². The third-order valence-corrected chi connectivity index (χ3v) is 6.71. The van der Waals surface area contributed by atoms with Crippen LogP contribution in [-0.2, 0) is 26.2 Å². The zero-order valence-corrected chi connectivity index (χ0v) is 22.9. The molecule has 0 saturated heterocycles. The lowest BCUT2D eigenvalue weighted by Crippen LogP contribution is -2.53. The van der Waals surface area contributed by atoms with Gasteiger partial charge in [0.25, 0.3) is 0 Å². The van der Waals surface area contributed by atoms with Crippen LogP contribution in [0.2, 0.25) is 0 Å². The number of hydrogen-bond acceptors (Lipinski definition) is 6. The van der Waals surface area contributed by atoms with Crippen molar-refractivity contribution in [2.75, 3.05) is 31.3 Å². The highest BCUT2D eigenvalue weighted by Crippen LogP contribution is 2.31.